The molecule has 0 saturated carbocycles. The molecular formula is C16H19FN2. The summed E-state index contributed by atoms with van der Waals surface area (Å²) in [6.45, 7) is 4.20. The lowest BCUT2D eigenvalue weighted by Crippen LogP contribution is -1.95. The first-order valence-corrected chi connectivity index (χ1v) is 6.84. The van der Waals surface area contributed by atoms with E-state index >= 15 is 0 Å². The molecule has 0 N–H and O–H groups in total. The molecule has 2 rings (SSSR count). The maximum Gasteiger partial charge on any atom is 0.162 e. The number of benzene rings is 1. The Morgan fingerprint density at radius 2 is 1.58 bits per heavy atom. The van der Waals surface area contributed by atoms with Crippen LogP contribution in [0, 0.1) is 5.82 Å². The van der Waals surface area contributed by atoms with E-state index in [9.17, 15) is 4.39 Å². The summed E-state index contributed by atoms with van der Waals surface area (Å²) in [7, 11) is 0. The van der Waals surface area contributed by atoms with E-state index in [0.29, 0.717) is 11.4 Å². The van der Waals surface area contributed by atoms with Gasteiger partial charge in [0.05, 0.1) is 5.56 Å². The molecule has 0 saturated heterocycles. The lowest BCUT2D eigenvalue weighted by atomic mass is 10.1. The van der Waals surface area contributed by atoms with E-state index in [4.69, 9.17) is 0 Å². The maximum absolute atomic E-state index is 14.0. The summed E-state index contributed by atoms with van der Waals surface area (Å²) in [5.74, 6) is 0.217. The summed E-state index contributed by atoms with van der Waals surface area (Å²) < 4.78 is 14.0. The maximum atomic E-state index is 14.0. The summed E-state index contributed by atoms with van der Waals surface area (Å²) >= 11 is 0. The Bertz CT molecular complexity index is 535. The van der Waals surface area contributed by atoms with Crippen molar-refractivity contribution in [2.75, 3.05) is 0 Å². The second kappa shape index (κ2) is 6.41. The zero-order chi connectivity index (χ0) is 13.7. The largest absolute Gasteiger partial charge is 0.236 e. The SMILES string of the molecule is CCCc1cnc(-c2ccc(CCC)cc2F)nc1. The average Bonchev–Trinajstić information content (AvgIpc) is 2.41. The molecule has 0 aliphatic rings. The predicted octanol–water partition coefficient (Wildman–Crippen LogP) is 4.19. The molecule has 19 heavy (non-hydrogen) atoms. The molecule has 1 heterocycles. The van der Waals surface area contributed by atoms with Gasteiger partial charge in [0.1, 0.15) is 5.82 Å². The summed E-state index contributed by atoms with van der Waals surface area (Å²) in [5.41, 5.74) is 2.59. The van der Waals surface area contributed by atoms with Crippen LogP contribution in [0.4, 0.5) is 4.39 Å². The fourth-order valence-corrected chi connectivity index (χ4v) is 2.10. The summed E-state index contributed by atoms with van der Waals surface area (Å²) in [6, 6.07) is 5.31. The van der Waals surface area contributed by atoms with Crippen LogP contribution in [0.3, 0.4) is 0 Å². The molecule has 0 aliphatic carbocycles. The van der Waals surface area contributed by atoms with Gasteiger partial charge in [-0.15, -0.1) is 0 Å². The highest BCUT2D eigenvalue weighted by Crippen LogP contribution is 2.20. The molecule has 0 radical (unpaired) electrons. The van der Waals surface area contributed by atoms with Crippen LogP contribution in [-0.4, -0.2) is 9.97 Å². The Morgan fingerprint density at radius 1 is 0.947 bits per heavy atom. The fraction of sp³-hybridized carbons (Fsp3) is 0.375. The van der Waals surface area contributed by atoms with Crippen LogP contribution in [0.5, 0.6) is 0 Å². The molecule has 2 aromatic rings. The Kier molecular flexibility index (Phi) is 4.61. The first-order valence-electron chi connectivity index (χ1n) is 6.84. The molecule has 1 aromatic heterocycles. The normalized spacial score (nSPS) is 10.7. The van der Waals surface area contributed by atoms with Crippen LogP contribution in [0.2, 0.25) is 0 Å². The highest BCUT2D eigenvalue weighted by molar-refractivity contribution is 5.56. The zero-order valence-corrected chi connectivity index (χ0v) is 11.5. The van der Waals surface area contributed by atoms with Crippen molar-refractivity contribution >= 4 is 0 Å². The van der Waals surface area contributed by atoms with E-state index in [2.05, 4.69) is 23.8 Å². The van der Waals surface area contributed by atoms with Crippen LogP contribution in [0.15, 0.2) is 30.6 Å². The molecule has 1 aromatic carbocycles. The molecule has 100 valence electrons. The monoisotopic (exact) mass is 258 g/mol. The minimum Gasteiger partial charge on any atom is -0.236 e. The number of nitrogens with zero attached hydrogens (tertiary/aromatic N) is 2. The van der Waals surface area contributed by atoms with Gasteiger partial charge >= 0.3 is 0 Å². The fourth-order valence-electron chi connectivity index (χ4n) is 2.10. The van der Waals surface area contributed by atoms with Crippen LogP contribution < -0.4 is 0 Å². The van der Waals surface area contributed by atoms with E-state index in [-0.39, 0.29) is 5.82 Å². The topological polar surface area (TPSA) is 25.8 Å². The lowest BCUT2D eigenvalue weighted by molar-refractivity contribution is 0.627. The number of rotatable bonds is 5. The first kappa shape index (κ1) is 13.7. The third-order valence-corrected chi connectivity index (χ3v) is 3.06. The van der Waals surface area contributed by atoms with Crippen molar-refractivity contribution in [3.05, 3.63) is 47.5 Å². The van der Waals surface area contributed by atoms with Gasteiger partial charge in [0.2, 0.25) is 0 Å². The second-order valence-corrected chi connectivity index (χ2v) is 4.73. The van der Waals surface area contributed by atoms with Crippen molar-refractivity contribution in [3.63, 3.8) is 0 Å². The molecule has 0 atom stereocenters. The molecule has 0 aliphatic heterocycles. The Balaban J connectivity index is 2.25. The number of hydrogen-bond acceptors (Lipinski definition) is 2. The van der Waals surface area contributed by atoms with E-state index in [1.807, 2.05) is 6.07 Å². The van der Waals surface area contributed by atoms with Crippen molar-refractivity contribution in [2.24, 2.45) is 0 Å². The molecule has 2 nitrogen and oxygen atoms in total. The number of hydrogen-bond donors (Lipinski definition) is 0. The van der Waals surface area contributed by atoms with E-state index in [0.717, 1.165) is 36.8 Å². The molecular weight excluding hydrogens is 239 g/mol. The molecule has 0 amide bonds. The van der Waals surface area contributed by atoms with Gasteiger partial charge in [0.25, 0.3) is 0 Å². The molecule has 3 heteroatoms. The number of halogens is 1. The average molecular weight is 258 g/mol. The van der Waals surface area contributed by atoms with Gasteiger partial charge in [-0.1, -0.05) is 32.8 Å². The van der Waals surface area contributed by atoms with Gasteiger partial charge in [-0.05, 0) is 36.1 Å². The molecule has 0 fully saturated rings. The van der Waals surface area contributed by atoms with E-state index < -0.39 is 0 Å². The standard InChI is InChI=1S/C16H19FN2/c1-3-5-12-7-8-14(15(17)9-12)16-18-10-13(6-4-2)11-19-16/h7-11H,3-6H2,1-2H3. The zero-order valence-electron chi connectivity index (χ0n) is 11.5. The second-order valence-electron chi connectivity index (χ2n) is 4.73. The smallest absolute Gasteiger partial charge is 0.162 e. The van der Waals surface area contributed by atoms with Gasteiger partial charge in [-0.2, -0.15) is 0 Å². The molecule has 0 spiro atoms. The Hall–Kier alpha value is -1.77. The molecule has 0 bridgehead atoms. The van der Waals surface area contributed by atoms with Crippen LogP contribution in [-0.2, 0) is 12.8 Å². The summed E-state index contributed by atoms with van der Waals surface area (Å²) in [4.78, 5) is 8.51. The van der Waals surface area contributed by atoms with E-state index in [1.54, 1.807) is 24.5 Å². The highest BCUT2D eigenvalue weighted by Gasteiger charge is 2.08. The van der Waals surface area contributed by atoms with Crippen LogP contribution >= 0.6 is 0 Å². The highest BCUT2D eigenvalue weighted by atomic mass is 19.1. The Labute approximate surface area is 113 Å². The third kappa shape index (κ3) is 3.37. The van der Waals surface area contributed by atoms with Crippen molar-refractivity contribution in [1.82, 2.24) is 9.97 Å². The van der Waals surface area contributed by atoms with Gasteiger partial charge in [-0.25, -0.2) is 14.4 Å². The van der Waals surface area contributed by atoms with Crippen molar-refractivity contribution in [1.29, 1.82) is 0 Å². The first-order chi connectivity index (χ1) is 9.24. The quantitative estimate of drug-likeness (QED) is 0.803. The lowest BCUT2D eigenvalue weighted by Gasteiger charge is -2.05. The van der Waals surface area contributed by atoms with Gasteiger partial charge in [0.15, 0.2) is 5.82 Å². The van der Waals surface area contributed by atoms with Crippen molar-refractivity contribution in [3.8, 4) is 11.4 Å². The van der Waals surface area contributed by atoms with Crippen molar-refractivity contribution < 1.29 is 4.39 Å². The minimum atomic E-state index is -0.241. The number of aryl methyl sites for hydroxylation is 2. The third-order valence-electron chi connectivity index (χ3n) is 3.06. The van der Waals surface area contributed by atoms with Crippen LogP contribution in [0.25, 0.3) is 11.4 Å². The summed E-state index contributed by atoms with van der Waals surface area (Å²) in [5, 5.41) is 0. The van der Waals surface area contributed by atoms with Gasteiger partial charge in [-0.3, -0.25) is 0 Å². The van der Waals surface area contributed by atoms with Gasteiger partial charge in [0, 0.05) is 12.4 Å². The minimum absolute atomic E-state index is 0.241. The number of aromatic nitrogens is 2. The molecule has 0 unspecified atom stereocenters. The van der Waals surface area contributed by atoms with Crippen molar-refractivity contribution in [2.45, 2.75) is 39.5 Å². The van der Waals surface area contributed by atoms with Crippen LogP contribution in [0.1, 0.15) is 37.8 Å². The van der Waals surface area contributed by atoms with Gasteiger partial charge < -0.3 is 0 Å². The van der Waals surface area contributed by atoms with E-state index in [1.165, 1.54) is 0 Å². The summed E-state index contributed by atoms with van der Waals surface area (Å²) in [6.07, 6.45) is 7.49. The Morgan fingerprint density at radius 3 is 2.16 bits per heavy atom. The predicted molar refractivity (Wildman–Crippen MR) is 75.4 cm³/mol.